The minimum atomic E-state index is -0.182. The highest BCUT2D eigenvalue weighted by Gasteiger charge is 2.29. The molecule has 0 bridgehead atoms. The van der Waals surface area contributed by atoms with E-state index in [1.165, 1.54) is 0 Å². The fourth-order valence-corrected chi connectivity index (χ4v) is 2.54. The summed E-state index contributed by atoms with van der Waals surface area (Å²) in [6, 6.07) is 9.34. The van der Waals surface area contributed by atoms with Gasteiger partial charge in [-0.25, -0.2) is 4.79 Å². The summed E-state index contributed by atoms with van der Waals surface area (Å²) in [5, 5.41) is 0.979. The Bertz CT molecular complexity index is 607. The van der Waals surface area contributed by atoms with Crippen LogP contribution in [0.4, 0.5) is 0 Å². The molecule has 0 spiro atoms. The van der Waals surface area contributed by atoms with Gasteiger partial charge in [0.25, 0.3) is 0 Å². The molecule has 0 saturated carbocycles. The maximum atomic E-state index is 12.2. The minimum Gasteiger partial charge on any atom is -0.423 e. The van der Waals surface area contributed by atoms with Crippen LogP contribution in [0.25, 0.3) is 10.9 Å². The fraction of sp³-hybridized carbons (Fsp3) is 0.333. The average Bonchev–Trinajstić information content (AvgIpc) is 2.85. The number of likely N-dealkylation sites (tertiary alicyclic amines) is 1. The van der Waals surface area contributed by atoms with Gasteiger partial charge in [-0.05, 0) is 38.6 Å². The maximum absolute atomic E-state index is 12.2. The van der Waals surface area contributed by atoms with Crippen molar-refractivity contribution in [3.63, 3.8) is 0 Å². The van der Waals surface area contributed by atoms with E-state index >= 15 is 0 Å². The highest BCUT2D eigenvalue weighted by molar-refractivity contribution is 5.88. The molecule has 0 amide bonds. The third-order valence-electron chi connectivity index (χ3n) is 3.60. The third kappa shape index (κ3) is 2.31. The van der Waals surface area contributed by atoms with Gasteiger partial charge in [0, 0.05) is 11.6 Å². The number of para-hydroxylation sites is 1. The number of fused-ring (bicyclic) bond motifs is 1. The number of hydrogen-bond acceptors (Lipinski definition) is 4. The monoisotopic (exact) mass is 256 g/mol. The normalized spacial score (nSPS) is 19.7. The lowest BCUT2D eigenvalue weighted by Crippen LogP contribution is -2.35. The lowest BCUT2D eigenvalue weighted by molar-refractivity contribution is -0.138. The topological polar surface area (TPSA) is 42.4 Å². The van der Waals surface area contributed by atoms with E-state index in [-0.39, 0.29) is 12.0 Å². The average molecular weight is 256 g/mol. The van der Waals surface area contributed by atoms with Crippen molar-refractivity contribution in [1.29, 1.82) is 0 Å². The standard InChI is InChI=1S/C15H16N2O2/c1-17-10-4-7-12(17)15(18)19-13-8-2-5-11-6-3-9-16-14(11)13/h2-3,5-6,8-9,12H,4,7,10H2,1H3. The Morgan fingerprint density at radius 3 is 3.00 bits per heavy atom. The van der Waals surface area contributed by atoms with Gasteiger partial charge in [0.05, 0.1) is 0 Å². The van der Waals surface area contributed by atoms with Crippen LogP contribution in [0.5, 0.6) is 5.75 Å². The molecule has 1 aromatic carbocycles. The first-order chi connectivity index (χ1) is 9.25. The van der Waals surface area contributed by atoms with Crippen LogP contribution in [0.3, 0.4) is 0 Å². The van der Waals surface area contributed by atoms with Crippen LogP contribution in [0.15, 0.2) is 36.5 Å². The highest BCUT2D eigenvalue weighted by atomic mass is 16.5. The maximum Gasteiger partial charge on any atom is 0.328 e. The second kappa shape index (κ2) is 4.97. The van der Waals surface area contributed by atoms with Crippen LogP contribution < -0.4 is 4.74 Å². The number of hydrogen-bond donors (Lipinski definition) is 0. The summed E-state index contributed by atoms with van der Waals surface area (Å²) >= 11 is 0. The van der Waals surface area contributed by atoms with Gasteiger partial charge in [-0.3, -0.25) is 9.88 Å². The smallest absolute Gasteiger partial charge is 0.328 e. The molecule has 1 aromatic heterocycles. The summed E-state index contributed by atoms with van der Waals surface area (Å²) in [4.78, 5) is 18.5. The Balaban J connectivity index is 1.87. The Labute approximate surface area is 112 Å². The zero-order valence-corrected chi connectivity index (χ0v) is 10.9. The van der Waals surface area contributed by atoms with E-state index in [0.717, 1.165) is 30.3 Å². The summed E-state index contributed by atoms with van der Waals surface area (Å²) in [5.74, 6) is 0.363. The molecule has 0 N–H and O–H groups in total. The first-order valence-electron chi connectivity index (χ1n) is 6.51. The number of likely N-dealkylation sites (N-methyl/N-ethyl adjacent to an activating group) is 1. The molecular weight excluding hydrogens is 240 g/mol. The van der Waals surface area contributed by atoms with Crippen LogP contribution in [-0.4, -0.2) is 35.5 Å². The summed E-state index contributed by atoms with van der Waals surface area (Å²) < 4.78 is 5.54. The van der Waals surface area contributed by atoms with Crippen molar-refractivity contribution in [1.82, 2.24) is 9.88 Å². The quantitative estimate of drug-likeness (QED) is 0.610. The largest absolute Gasteiger partial charge is 0.423 e. The zero-order valence-electron chi connectivity index (χ0n) is 10.9. The number of ether oxygens (including phenoxy) is 1. The van der Waals surface area contributed by atoms with Crippen molar-refractivity contribution in [2.75, 3.05) is 13.6 Å². The van der Waals surface area contributed by atoms with E-state index in [9.17, 15) is 4.79 Å². The molecule has 1 unspecified atom stereocenters. The molecule has 1 atom stereocenters. The number of esters is 1. The van der Waals surface area contributed by atoms with E-state index in [4.69, 9.17) is 4.74 Å². The Morgan fingerprint density at radius 2 is 2.21 bits per heavy atom. The minimum absolute atomic E-state index is 0.126. The first kappa shape index (κ1) is 12.1. The third-order valence-corrected chi connectivity index (χ3v) is 3.60. The van der Waals surface area contributed by atoms with E-state index in [1.807, 2.05) is 36.2 Å². The lowest BCUT2D eigenvalue weighted by Gasteiger charge is -2.17. The molecular formula is C15H16N2O2. The van der Waals surface area contributed by atoms with Crippen molar-refractivity contribution in [3.8, 4) is 5.75 Å². The molecule has 19 heavy (non-hydrogen) atoms. The SMILES string of the molecule is CN1CCCC1C(=O)Oc1cccc2cccnc12. The molecule has 98 valence electrons. The molecule has 0 radical (unpaired) electrons. The van der Waals surface area contributed by atoms with Gasteiger partial charge >= 0.3 is 5.97 Å². The van der Waals surface area contributed by atoms with Crippen LogP contribution in [0, 0.1) is 0 Å². The molecule has 3 rings (SSSR count). The van der Waals surface area contributed by atoms with Crippen molar-refractivity contribution in [3.05, 3.63) is 36.5 Å². The van der Waals surface area contributed by atoms with Crippen LogP contribution in [-0.2, 0) is 4.79 Å². The van der Waals surface area contributed by atoms with E-state index < -0.39 is 0 Å². The Morgan fingerprint density at radius 1 is 1.37 bits per heavy atom. The fourth-order valence-electron chi connectivity index (χ4n) is 2.54. The number of nitrogens with zero attached hydrogens (tertiary/aromatic N) is 2. The van der Waals surface area contributed by atoms with Crippen LogP contribution in [0.1, 0.15) is 12.8 Å². The van der Waals surface area contributed by atoms with Gasteiger partial charge in [-0.2, -0.15) is 0 Å². The Kier molecular flexibility index (Phi) is 3.17. The molecule has 1 aliphatic heterocycles. The zero-order chi connectivity index (χ0) is 13.2. The van der Waals surface area contributed by atoms with E-state index in [0.29, 0.717) is 5.75 Å². The number of rotatable bonds is 2. The van der Waals surface area contributed by atoms with Gasteiger partial charge in [0.1, 0.15) is 11.6 Å². The van der Waals surface area contributed by atoms with Crippen LogP contribution >= 0.6 is 0 Å². The highest BCUT2D eigenvalue weighted by Crippen LogP contribution is 2.25. The van der Waals surface area contributed by atoms with E-state index in [1.54, 1.807) is 12.3 Å². The van der Waals surface area contributed by atoms with Crippen molar-refractivity contribution < 1.29 is 9.53 Å². The second-order valence-corrected chi connectivity index (χ2v) is 4.89. The predicted octanol–water partition coefficient (Wildman–Crippen LogP) is 2.23. The first-order valence-corrected chi connectivity index (χ1v) is 6.51. The summed E-state index contributed by atoms with van der Waals surface area (Å²) in [7, 11) is 1.96. The van der Waals surface area contributed by atoms with Crippen LogP contribution in [0.2, 0.25) is 0 Å². The summed E-state index contributed by atoms with van der Waals surface area (Å²) in [6.45, 7) is 0.952. The van der Waals surface area contributed by atoms with Gasteiger partial charge in [-0.1, -0.05) is 18.2 Å². The number of carbonyl (C=O) groups is 1. The van der Waals surface area contributed by atoms with Gasteiger partial charge in [0.2, 0.25) is 0 Å². The lowest BCUT2D eigenvalue weighted by atomic mass is 10.2. The van der Waals surface area contributed by atoms with Gasteiger partial charge in [0.15, 0.2) is 5.75 Å². The molecule has 2 heterocycles. The molecule has 1 fully saturated rings. The molecule has 0 aliphatic carbocycles. The summed E-state index contributed by atoms with van der Waals surface area (Å²) in [6.07, 6.45) is 3.62. The Hall–Kier alpha value is -1.94. The van der Waals surface area contributed by atoms with Crippen molar-refractivity contribution in [2.45, 2.75) is 18.9 Å². The molecule has 1 saturated heterocycles. The van der Waals surface area contributed by atoms with Gasteiger partial charge in [-0.15, -0.1) is 0 Å². The summed E-state index contributed by atoms with van der Waals surface area (Å²) in [5.41, 5.74) is 0.735. The predicted molar refractivity (Wildman–Crippen MR) is 73.0 cm³/mol. The van der Waals surface area contributed by atoms with E-state index in [2.05, 4.69) is 4.98 Å². The van der Waals surface area contributed by atoms with Crippen molar-refractivity contribution >= 4 is 16.9 Å². The van der Waals surface area contributed by atoms with Crippen molar-refractivity contribution in [2.24, 2.45) is 0 Å². The molecule has 4 heteroatoms. The number of aromatic nitrogens is 1. The second-order valence-electron chi connectivity index (χ2n) is 4.89. The van der Waals surface area contributed by atoms with Gasteiger partial charge < -0.3 is 4.74 Å². The number of pyridine rings is 1. The number of carbonyl (C=O) groups excluding carboxylic acids is 1. The molecule has 2 aromatic rings. The molecule has 4 nitrogen and oxygen atoms in total. The molecule has 1 aliphatic rings. The number of benzene rings is 1.